The van der Waals surface area contributed by atoms with Gasteiger partial charge in [-0.25, -0.2) is 4.98 Å². The molecule has 0 aliphatic heterocycles. The van der Waals surface area contributed by atoms with Gasteiger partial charge in [-0.2, -0.15) is 0 Å². The van der Waals surface area contributed by atoms with Gasteiger partial charge in [-0.1, -0.05) is 57.9 Å². The molecule has 0 aliphatic carbocycles. The molecule has 0 aliphatic rings. The van der Waals surface area contributed by atoms with Gasteiger partial charge >= 0.3 is 0 Å². The Hall–Kier alpha value is -2.69. The van der Waals surface area contributed by atoms with E-state index in [0.29, 0.717) is 10.6 Å². The minimum atomic E-state index is -0.159. The fourth-order valence-corrected chi connectivity index (χ4v) is 3.61. The predicted molar refractivity (Wildman–Crippen MR) is 119 cm³/mol. The first-order valence-electron chi connectivity index (χ1n) is 8.75. The average Bonchev–Trinajstić information content (AvgIpc) is 2.70. The third-order valence-electron chi connectivity index (χ3n) is 4.58. The molecule has 0 unspecified atom stereocenters. The first kappa shape index (κ1) is 18.7. The Morgan fingerprint density at radius 2 is 1.64 bits per heavy atom. The number of carbonyl (C=O) groups excluding carboxylic acids is 1. The molecule has 0 spiro atoms. The van der Waals surface area contributed by atoms with Gasteiger partial charge < -0.3 is 5.32 Å². The molecule has 5 heteroatoms. The van der Waals surface area contributed by atoms with Gasteiger partial charge in [0.15, 0.2) is 0 Å². The summed E-state index contributed by atoms with van der Waals surface area (Å²) < 4.78 is 0.959. The number of amides is 1. The van der Waals surface area contributed by atoms with E-state index in [9.17, 15) is 4.79 Å². The van der Waals surface area contributed by atoms with Crippen molar-refractivity contribution in [1.29, 1.82) is 0 Å². The zero-order valence-electron chi connectivity index (χ0n) is 15.0. The van der Waals surface area contributed by atoms with E-state index in [1.807, 2.05) is 79.7 Å². The normalized spacial score (nSPS) is 10.8. The molecule has 28 heavy (non-hydrogen) atoms. The molecule has 0 bridgehead atoms. The highest BCUT2D eigenvalue weighted by atomic mass is 79.9. The summed E-state index contributed by atoms with van der Waals surface area (Å²) >= 11 is 9.44. The van der Waals surface area contributed by atoms with E-state index in [2.05, 4.69) is 21.2 Å². The number of nitrogens with one attached hydrogen (secondary N) is 1. The predicted octanol–water partition coefficient (Wildman–Crippen LogP) is 6.88. The second kappa shape index (κ2) is 7.74. The molecule has 1 heterocycles. The van der Waals surface area contributed by atoms with Crippen LogP contribution in [0.5, 0.6) is 0 Å². The van der Waals surface area contributed by atoms with Crippen LogP contribution in [0.15, 0.2) is 77.3 Å². The molecule has 0 fully saturated rings. The molecule has 1 N–H and O–H groups in total. The van der Waals surface area contributed by atoms with Crippen molar-refractivity contribution in [3.05, 3.63) is 93.4 Å². The highest BCUT2D eigenvalue weighted by molar-refractivity contribution is 9.10. The molecule has 4 aromatic rings. The van der Waals surface area contributed by atoms with Gasteiger partial charge in [0.1, 0.15) is 0 Å². The van der Waals surface area contributed by atoms with Gasteiger partial charge in [0.05, 0.1) is 16.8 Å². The summed E-state index contributed by atoms with van der Waals surface area (Å²) in [5.41, 5.74) is 4.66. The molecular formula is C23H16BrClN2O. The molecular weight excluding hydrogens is 436 g/mol. The van der Waals surface area contributed by atoms with E-state index in [1.54, 1.807) is 0 Å². The minimum absolute atomic E-state index is 0.159. The number of para-hydroxylation sites is 1. The molecule has 4 rings (SSSR count). The highest BCUT2D eigenvalue weighted by Gasteiger charge is 2.19. The van der Waals surface area contributed by atoms with E-state index < -0.39 is 0 Å². The maximum absolute atomic E-state index is 13.2. The first-order chi connectivity index (χ1) is 13.5. The van der Waals surface area contributed by atoms with Gasteiger partial charge in [0, 0.05) is 26.1 Å². The van der Waals surface area contributed by atoms with Crippen molar-refractivity contribution < 1.29 is 4.79 Å². The molecule has 0 saturated heterocycles. The van der Waals surface area contributed by atoms with Crippen LogP contribution in [0.4, 0.5) is 5.69 Å². The Morgan fingerprint density at radius 1 is 0.964 bits per heavy atom. The van der Waals surface area contributed by atoms with Crippen molar-refractivity contribution >= 4 is 50.0 Å². The number of benzene rings is 3. The number of fused-ring (bicyclic) bond motifs is 1. The minimum Gasteiger partial charge on any atom is -0.322 e. The van der Waals surface area contributed by atoms with Crippen LogP contribution < -0.4 is 5.32 Å². The van der Waals surface area contributed by atoms with Gasteiger partial charge in [-0.05, 0) is 55.0 Å². The van der Waals surface area contributed by atoms with Crippen LogP contribution in [-0.4, -0.2) is 10.9 Å². The van der Waals surface area contributed by atoms with Crippen LogP contribution in [0.1, 0.15) is 15.9 Å². The highest BCUT2D eigenvalue weighted by Crippen LogP contribution is 2.31. The zero-order valence-corrected chi connectivity index (χ0v) is 17.4. The van der Waals surface area contributed by atoms with Crippen molar-refractivity contribution in [2.24, 2.45) is 0 Å². The fourth-order valence-electron chi connectivity index (χ4n) is 3.22. The van der Waals surface area contributed by atoms with E-state index >= 15 is 0 Å². The van der Waals surface area contributed by atoms with Crippen LogP contribution in [-0.2, 0) is 0 Å². The van der Waals surface area contributed by atoms with Crippen LogP contribution >= 0.6 is 27.5 Å². The lowest BCUT2D eigenvalue weighted by molar-refractivity contribution is 0.102. The molecule has 138 valence electrons. The third-order valence-corrected chi connectivity index (χ3v) is 5.36. The maximum Gasteiger partial charge on any atom is 0.256 e. The molecule has 1 amide bonds. The van der Waals surface area contributed by atoms with Crippen LogP contribution in [0.25, 0.3) is 22.2 Å². The number of halogens is 2. The molecule has 1 aromatic heterocycles. The Labute approximate surface area is 176 Å². The van der Waals surface area contributed by atoms with Crippen molar-refractivity contribution in [2.45, 2.75) is 6.92 Å². The molecule has 3 nitrogen and oxygen atoms in total. The number of aromatic nitrogens is 1. The molecule has 0 saturated carbocycles. The van der Waals surface area contributed by atoms with Crippen molar-refractivity contribution in [3.63, 3.8) is 0 Å². The zero-order chi connectivity index (χ0) is 19.7. The van der Waals surface area contributed by atoms with E-state index in [1.165, 1.54) is 0 Å². The maximum atomic E-state index is 13.2. The Morgan fingerprint density at radius 3 is 2.36 bits per heavy atom. The molecule has 3 aromatic carbocycles. The number of rotatable bonds is 3. The third kappa shape index (κ3) is 3.66. The Bertz CT molecular complexity index is 1170. The summed E-state index contributed by atoms with van der Waals surface area (Å²) in [6.45, 7) is 1.93. The van der Waals surface area contributed by atoms with Crippen molar-refractivity contribution in [1.82, 2.24) is 4.98 Å². The second-order valence-corrected chi connectivity index (χ2v) is 7.80. The average molecular weight is 452 g/mol. The Kier molecular flexibility index (Phi) is 5.16. The lowest BCUT2D eigenvalue weighted by Gasteiger charge is -2.15. The number of hydrogen-bond donors (Lipinski definition) is 1. The van der Waals surface area contributed by atoms with Gasteiger partial charge in [0.2, 0.25) is 0 Å². The summed E-state index contributed by atoms with van der Waals surface area (Å²) in [4.78, 5) is 18.0. The van der Waals surface area contributed by atoms with Crippen molar-refractivity contribution in [3.8, 4) is 11.3 Å². The van der Waals surface area contributed by atoms with E-state index in [0.717, 1.165) is 37.9 Å². The summed E-state index contributed by atoms with van der Waals surface area (Å²) in [6.07, 6.45) is 0. The van der Waals surface area contributed by atoms with E-state index in [-0.39, 0.29) is 5.91 Å². The second-order valence-electron chi connectivity index (χ2n) is 6.45. The summed E-state index contributed by atoms with van der Waals surface area (Å²) in [6, 6.07) is 22.7. The van der Waals surface area contributed by atoms with Gasteiger partial charge in [-0.3, -0.25) is 4.79 Å². The largest absolute Gasteiger partial charge is 0.322 e. The number of carbonyl (C=O) groups is 1. The van der Waals surface area contributed by atoms with Crippen LogP contribution in [0.2, 0.25) is 5.02 Å². The number of hydrogen-bond acceptors (Lipinski definition) is 2. The smallest absolute Gasteiger partial charge is 0.256 e. The standard InChI is InChI=1S/C23H16BrClN2O/c1-14-21(23(28)26-18-12-8-16(24)9-13-18)19-4-2-3-5-20(19)27-22(14)15-6-10-17(25)11-7-15/h2-13H,1H3,(H,26,28). The quantitative estimate of drug-likeness (QED) is 0.369. The summed E-state index contributed by atoms with van der Waals surface area (Å²) in [7, 11) is 0. The topological polar surface area (TPSA) is 42.0 Å². The lowest BCUT2D eigenvalue weighted by Crippen LogP contribution is -2.15. The number of anilines is 1. The summed E-state index contributed by atoms with van der Waals surface area (Å²) in [5, 5.41) is 4.49. The van der Waals surface area contributed by atoms with E-state index in [4.69, 9.17) is 16.6 Å². The number of nitrogens with zero attached hydrogens (tertiary/aromatic N) is 1. The lowest BCUT2D eigenvalue weighted by atomic mass is 9.97. The number of pyridine rings is 1. The summed E-state index contributed by atoms with van der Waals surface area (Å²) in [5.74, 6) is -0.159. The van der Waals surface area contributed by atoms with Gasteiger partial charge in [0.25, 0.3) is 5.91 Å². The van der Waals surface area contributed by atoms with Gasteiger partial charge in [-0.15, -0.1) is 0 Å². The van der Waals surface area contributed by atoms with Crippen molar-refractivity contribution in [2.75, 3.05) is 5.32 Å². The Balaban J connectivity index is 1.86. The fraction of sp³-hybridized carbons (Fsp3) is 0.0435. The molecule has 0 atom stereocenters. The van der Waals surface area contributed by atoms with Crippen LogP contribution in [0, 0.1) is 6.92 Å². The van der Waals surface area contributed by atoms with Crippen LogP contribution in [0.3, 0.4) is 0 Å². The SMILES string of the molecule is Cc1c(-c2ccc(Cl)cc2)nc2ccccc2c1C(=O)Nc1ccc(Br)cc1. The molecule has 0 radical (unpaired) electrons. The monoisotopic (exact) mass is 450 g/mol. The first-order valence-corrected chi connectivity index (χ1v) is 9.92.